The van der Waals surface area contributed by atoms with E-state index >= 15 is 0 Å². The molecule has 0 amide bonds. The molecule has 1 aliphatic heterocycles. The van der Waals surface area contributed by atoms with Gasteiger partial charge >= 0.3 is 0 Å². The zero-order valence-corrected chi connectivity index (χ0v) is 9.94. The molecule has 3 rings (SSSR count). The summed E-state index contributed by atoms with van der Waals surface area (Å²) in [4.78, 5) is 12.3. The fourth-order valence-corrected chi connectivity index (χ4v) is 2.82. The zero-order valence-electron chi connectivity index (χ0n) is 9.94. The maximum atomic E-state index is 12.3. The lowest BCUT2D eigenvalue weighted by atomic mass is 9.81. The molecule has 1 fully saturated rings. The number of morpholine rings is 1. The Balaban J connectivity index is 1.79. The summed E-state index contributed by atoms with van der Waals surface area (Å²) in [5.41, 5.74) is 0.765. The SMILES string of the molecule is CC1COCC(C2CCc3occc3C2=O)N1. The van der Waals surface area contributed by atoms with Crippen LogP contribution in [-0.4, -0.2) is 31.1 Å². The fourth-order valence-electron chi connectivity index (χ4n) is 2.82. The highest BCUT2D eigenvalue weighted by Gasteiger charge is 2.36. The normalized spacial score (nSPS) is 33.5. The lowest BCUT2D eigenvalue weighted by Gasteiger charge is -2.35. The first-order valence-corrected chi connectivity index (χ1v) is 6.20. The van der Waals surface area contributed by atoms with Crippen LogP contribution in [0.4, 0.5) is 0 Å². The van der Waals surface area contributed by atoms with E-state index in [2.05, 4.69) is 12.2 Å². The van der Waals surface area contributed by atoms with Crippen LogP contribution >= 0.6 is 0 Å². The van der Waals surface area contributed by atoms with Gasteiger partial charge in [0.05, 0.1) is 25.0 Å². The van der Waals surface area contributed by atoms with Crippen LogP contribution < -0.4 is 5.32 Å². The molecule has 4 heteroatoms. The van der Waals surface area contributed by atoms with Crippen molar-refractivity contribution >= 4 is 5.78 Å². The van der Waals surface area contributed by atoms with Crippen LogP contribution in [-0.2, 0) is 11.2 Å². The van der Waals surface area contributed by atoms with Gasteiger partial charge in [-0.2, -0.15) is 0 Å². The Kier molecular flexibility index (Phi) is 2.76. The number of rotatable bonds is 1. The van der Waals surface area contributed by atoms with Gasteiger partial charge in [0.15, 0.2) is 5.78 Å². The van der Waals surface area contributed by atoms with E-state index in [-0.39, 0.29) is 17.7 Å². The first-order valence-electron chi connectivity index (χ1n) is 6.20. The van der Waals surface area contributed by atoms with Crippen LogP contribution in [0.15, 0.2) is 16.7 Å². The first kappa shape index (κ1) is 11.0. The molecule has 92 valence electrons. The Morgan fingerprint density at radius 2 is 2.29 bits per heavy atom. The number of hydrogen-bond donors (Lipinski definition) is 1. The van der Waals surface area contributed by atoms with E-state index in [9.17, 15) is 4.79 Å². The van der Waals surface area contributed by atoms with Crippen molar-refractivity contribution in [3.05, 3.63) is 23.7 Å². The number of hydrogen-bond acceptors (Lipinski definition) is 4. The summed E-state index contributed by atoms with van der Waals surface area (Å²) in [6.07, 6.45) is 3.32. The molecular formula is C13H17NO3. The second kappa shape index (κ2) is 4.27. The van der Waals surface area contributed by atoms with Crippen molar-refractivity contribution in [3.63, 3.8) is 0 Å². The van der Waals surface area contributed by atoms with Gasteiger partial charge in [-0.1, -0.05) is 0 Å². The van der Waals surface area contributed by atoms with Crippen molar-refractivity contribution in [2.45, 2.75) is 31.8 Å². The number of carbonyl (C=O) groups is 1. The molecule has 3 atom stereocenters. The molecule has 4 nitrogen and oxygen atoms in total. The Morgan fingerprint density at radius 1 is 1.41 bits per heavy atom. The molecule has 0 spiro atoms. The highest BCUT2D eigenvalue weighted by molar-refractivity contribution is 6.00. The van der Waals surface area contributed by atoms with E-state index in [1.165, 1.54) is 0 Å². The standard InChI is InChI=1S/C13H17NO3/c1-8-6-16-7-11(14-8)9-2-3-12-10(13(9)15)4-5-17-12/h4-5,8-9,11,14H,2-3,6-7H2,1H3. The number of nitrogens with one attached hydrogen (secondary N) is 1. The summed E-state index contributed by atoms with van der Waals surface area (Å²) in [7, 11) is 0. The molecule has 1 N–H and O–H groups in total. The van der Waals surface area contributed by atoms with Gasteiger partial charge in [0.2, 0.25) is 0 Å². The van der Waals surface area contributed by atoms with E-state index in [0.29, 0.717) is 12.6 Å². The lowest BCUT2D eigenvalue weighted by Crippen LogP contribution is -2.53. The van der Waals surface area contributed by atoms with Crippen molar-refractivity contribution in [3.8, 4) is 0 Å². The Morgan fingerprint density at radius 3 is 3.12 bits per heavy atom. The van der Waals surface area contributed by atoms with Gasteiger partial charge in [0, 0.05) is 24.4 Å². The van der Waals surface area contributed by atoms with Crippen LogP contribution in [0.5, 0.6) is 0 Å². The van der Waals surface area contributed by atoms with Crippen LogP contribution in [0.3, 0.4) is 0 Å². The maximum absolute atomic E-state index is 12.3. The first-order chi connectivity index (χ1) is 8.25. The third kappa shape index (κ3) is 1.91. The number of Topliss-reactive ketones (excluding diaryl/α,β-unsaturated/α-hetero) is 1. The van der Waals surface area contributed by atoms with E-state index in [1.807, 2.05) is 0 Å². The molecule has 2 aliphatic rings. The fraction of sp³-hybridized carbons (Fsp3) is 0.615. The number of aryl methyl sites for hydroxylation is 1. The van der Waals surface area contributed by atoms with E-state index in [0.717, 1.165) is 30.8 Å². The van der Waals surface area contributed by atoms with E-state index < -0.39 is 0 Å². The summed E-state index contributed by atoms with van der Waals surface area (Å²) < 4.78 is 10.8. The molecular weight excluding hydrogens is 218 g/mol. The minimum Gasteiger partial charge on any atom is -0.469 e. The molecule has 1 aromatic heterocycles. The Hall–Kier alpha value is -1.13. The minimum atomic E-state index is 0.0304. The molecule has 1 saturated heterocycles. The van der Waals surface area contributed by atoms with E-state index in [4.69, 9.17) is 9.15 Å². The predicted molar refractivity (Wildman–Crippen MR) is 62.1 cm³/mol. The molecule has 0 radical (unpaired) electrons. The van der Waals surface area contributed by atoms with Crippen molar-refractivity contribution < 1.29 is 13.9 Å². The molecule has 2 heterocycles. The van der Waals surface area contributed by atoms with Gasteiger partial charge < -0.3 is 14.5 Å². The van der Waals surface area contributed by atoms with Gasteiger partial charge in [0.1, 0.15) is 5.76 Å². The van der Waals surface area contributed by atoms with Crippen LogP contribution in [0.2, 0.25) is 0 Å². The molecule has 0 aromatic carbocycles. The number of ether oxygens (including phenoxy) is 1. The van der Waals surface area contributed by atoms with Gasteiger partial charge in [-0.3, -0.25) is 4.79 Å². The third-order valence-corrected chi connectivity index (χ3v) is 3.68. The average Bonchev–Trinajstić information content (AvgIpc) is 2.78. The largest absolute Gasteiger partial charge is 0.469 e. The molecule has 0 saturated carbocycles. The number of ketones is 1. The zero-order chi connectivity index (χ0) is 11.8. The van der Waals surface area contributed by atoms with Crippen molar-refractivity contribution in [2.24, 2.45) is 5.92 Å². The van der Waals surface area contributed by atoms with Crippen molar-refractivity contribution in [1.29, 1.82) is 0 Å². The summed E-state index contributed by atoms with van der Waals surface area (Å²) in [5.74, 6) is 1.08. The van der Waals surface area contributed by atoms with E-state index in [1.54, 1.807) is 12.3 Å². The van der Waals surface area contributed by atoms with Crippen molar-refractivity contribution in [2.75, 3.05) is 13.2 Å². The van der Waals surface area contributed by atoms with Crippen LogP contribution in [0.1, 0.15) is 29.5 Å². The topological polar surface area (TPSA) is 51.5 Å². The monoisotopic (exact) mass is 235 g/mol. The molecule has 0 bridgehead atoms. The number of carbonyl (C=O) groups excluding carboxylic acids is 1. The summed E-state index contributed by atoms with van der Waals surface area (Å²) in [6.45, 7) is 3.45. The lowest BCUT2D eigenvalue weighted by molar-refractivity contribution is 0.0282. The highest BCUT2D eigenvalue weighted by atomic mass is 16.5. The maximum Gasteiger partial charge on any atom is 0.171 e. The van der Waals surface area contributed by atoms with Gasteiger partial charge in [-0.15, -0.1) is 0 Å². The summed E-state index contributed by atoms with van der Waals surface area (Å²) in [5, 5.41) is 3.46. The predicted octanol–water partition coefficient (Wildman–Crippen LogP) is 1.40. The highest BCUT2D eigenvalue weighted by Crippen LogP contribution is 2.29. The molecule has 1 aliphatic carbocycles. The Bertz CT molecular complexity index is 426. The molecule has 1 aromatic rings. The molecule has 3 unspecified atom stereocenters. The minimum absolute atomic E-state index is 0.0304. The van der Waals surface area contributed by atoms with Crippen molar-refractivity contribution in [1.82, 2.24) is 5.32 Å². The van der Waals surface area contributed by atoms with Gasteiger partial charge in [-0.05, 0) is 19.4 Å². The molecule has 17 heavy (non-hydrogen) atoms. The second-order valence-corrected chi connectivity index (χ2v) is 4.98. The summed E-state index contributed by atoms with van der Waals surface area (Å²) in [6, 6.07) is 2.26. The quantitative estimate of drug-likeness (QED) is 0.799. The Labute approximate surface area is 100 Å². The van der Waals surface area contributed by atoms with Crippen LogP contribution in [0.25, 0.3) is 0 Å². The smallest absolute Gasteiger partial charge is 0.171 e. The third-order valence-electron chi connectivity index (χ3n) is 3.68. The average molecular weight is 235 g/mol. The van der Waals surface area contributed by atoms with Crippen LogP contribution in [0, 0.1) is 5.92 Å². The number of fused-ring (bicyclic) bond motifs is 1. The number of furan rings is 1. The summed E-state index contributed by atoms with van der Waals surface area (Å²) >= 11 is 0. The van der Waals surface area contributed by atoms with Gasteiger partial charge in [-0.25, -0.2) is 0 Å². The van der Waals surface area contributed by atoms with Gasteiger partial charge in [0.25, 0.3) is 0 Å². The second-order valence-electron chi connectivity index (χ2n) is 4.98.